The van der Waals surface area contributed by atoms with E-state index in [0.29, 0.717) is 27.7 Å². The molecule has 2 saturated carbocycles. The van der Waals surface area contributed by atoms with Crippen molar-refractivity contribution >= 4 is 28.6 Å². The summed E-state index contributed by atoms with van der Waals surface area (Å²) in [5.41, 5.74) is 0.745. The van der Waals surface area contributed by atoms with E-state index in [-0.39, 0.29) is 17.5 Å². The maximum absolute atomic E-state index is 13.1. The third-order valence-corrected chi connectivity index (χ3v) is 7.06. The van der Waals surface area contributed by atoms with Gasteiger partial charge in [0.05, 0.1) is 16.7 Å². The predicted octanol–water partition coefficient (Wildman–Crippen LogP) is 4.30. The number of fused-ring (bicyclic) bond motifs is 1. The topological polar surface area (TPSA) is 64.0 Å². The first kappa shape index (κ1) is 19.5. The van der Waals surface area contributed by atoms with Gasteiger partial charge in [0.2, 0.25) is 5.91 Å². The summed E-state index contributed by atoms with van der Waals surface area (Å²) >= 11 is 1.40. The van der Waals surface area contributed by atoms with Crippen LogP contribution in [0.4, 0.5) is 0 Å². The molecule has 1 heterocycles. The van der Waals surface area contributed by atoms with Crippen LogP contribution in [-0.2, 0) is 4.79 Å². The predicted molar refractivity (Wildman–Crippen MR) is 114 cm³/mol. The molecule has 0 aliphatic heterocycles. The third kappa shape index (κ3) is 4.43. The van der Waals surface area contributed by atoms with Gasteiger partial charge in [0.1, 0.15) is 0 Å². The normalized spacial score (nSPS) is 18.6. The van der Waals surface area contributed by atoms with Crippen LogP contribution in [-0.4, -0.2) is 27.8 Å². The Morgan fingerprint density at radius 2 is 1.79 bits per heavy atom. The lowest BCUT2D eigenvalue weighted by atomic mass is 9.89. The molecule has 1 amide bonds. The molecule has 2 aliphatic rings. The van der Waals surface area contributed by atoms with E-state index in [1.807, 2.05) is 28.8 Å². The zero-order valence-electron chi connectivity index (χ0n) is 16.4. The molecule has 150 valence electrons. The van der Waals surface area contributed by atoms with Crippen LogP contribution in [0.3, 0.4) is 0 Å². The van der Waals surface area contributed by atoms with E-state index in [0.717, 1.165) is 32.2 Å². The summed E-state index contributed by atoms with van der Waals surface area (Å²) in [6, 6.07) is 7.72. The Balaban J connectivity index is 1.48. The number of benzene rings is 1. The fraction of sp³-hybridized carbons (Fsp3) is 0.591. The maximum atomic E-state index is 13.1. The van der Waals surface area contributed by atoms with Gasteiger partial charge in [-0.05, 0) is 43.7 Å². The van der Waals surface area contributed by atoms with Gasteiger partial charge in [-0.2, -0.15) is 0 Å². The number of nitrogens with zero attached hydrogens (tertiary/aromatic N) is 2. The first-order chi connectivity index (χ1) is 13.7. The lowest BCUT2D eigenvalue weighted by molar-refractivity contribution is -0.118. The van der Waals surface area contributed by atoms with Crippen molar-refractivity contribution < 1.29 is 4.79 Å². The second-order valence-corrected chi connectivity index (χ2v) is 9.06. The second-order valence-electron chi connectivity index (χ2n) is 8.12. The van der Waals surface area contributed by atoms with Crippen molar-refractivity contribution in [1.29, 1.82) is 0 Å². The summed E-state index contributed by atoms with van der Waals surface area (Å²) in [5.74, 6) is 0.971. The van der Waals surface area contributed by atoms with Crippen molar-refractivity contribution in [2.75, 3.05) is 12.3 Å². The van der Waals surface area contributed by atoms with Gasteiger partial charge < -0.3 is 5.32 Å². The standard InChI is InChI=1S/C22H29N3O2S/c26-20(23-14-16-8-2-1-3-9-16)15-28-22-24-19-13-7-6-12-18(19)21(27)25(22)17-10-4-5-11-17/h6-7,12-13,16-17H,1-5,8-11,14-15H2,(H,23,26). The first-order valence-corrected chi connectivity index (χ1v) is 11.6. The van der Waals surface area contributed by atoms with Crippen LogP contribution >= 0.6 is 11.8 Å². The molecular formula is C22H29N3O2S. The van der Waals surface area contributed by atoms with Crippen LogP contribution in [0.5, 0.6) is 0 Å². The number of nitrogens with one attached hydrogen (secondary N) is 1. The Morgan fingerprint density at radius 3 is 2.57 bits per heavy atom. The monoisotopic (exact) mass is 399 g/mol. The SMILES string of the molecule is O=C(CSc1nc2ccccc2c(=O)n1C1CCCC1)NCC1CCCCC1. The van der Waals surface area contributed by atoms with Gasteiger partial charge in [0, 0.05) is 12.6 Å². The quantitative estimate of drug-likeness (QED) is 0.581. The van der Waals surface area contributed by atoms with Crippen LogP contribution < -0.4 is 10.9 Å². The zero-order valence-corrected chi connectivity index (χ0v) is 17.2. The van der Waals surface area contributed by atoms with E-state index < -0.39 is 0 Å². The minimum Gasteiger partial charge on any atom is -0.355 e. The van der Waals surface area contributed by atoms with E-state index in [2.05, 4.69) is 5.32 Å². The van der Waals surface area contributed by atoms with Crippen molar-refractivity contribution in [2.45, 2.75) is 69.0 Å². The van der Waals surface area contributed by atoms with Crippen LogP contribution in [0.2, 0.25) is 0 Å². The highest BCUT2D eigenvalue weighted by Gasteiger charge is 2.23. The van der Waals surface area contributed by atoms with E-state index >= 15 is 0 Å². The van der Waals surface area contributed by atoms with Crippen LogP contribution in [0.1, 0.15) is 63.8 Å². The third-order valence-electron chi connectivity index (χ3n) is 6.11. The minimum atomic E-state index is 0.0302. The molecule has 28 heavy (non-hydrogen) atoms. The number of para-hydroxylation sites is 1. The van der Waals surface area contributed by atoms with E-state index in [1.54, 1.807) is 0 Å². The lowest BCUT2D eigenvalue weighted by Crippen LogP contribution is -2.32. The van der Waals surface area contributed by atoms with Gasteiger partial charge >= 0.3 is 0 Å². The fourth-order valence-corrected chi connectivity index (χ4v) is 5.44. The summed E-state index contributed by atoms with van der Waals surface area (Å²) in [4.78, 5) is 30.3. The highest BCUT2D eigenvalue weighted by molar-refractivity contribution is 7.99. The molecule has 1 aromatic heterocycles. The number of hydrogen-bond donors (Lipinski definition) is 1. The molecule has 0 bridgehead atoms. The van der Waals surface area contributed by atoms with Gasteiger partial charge in [0.25, 0.3) is 5.56 Å². The zero-order chi connectivity index (χ0) is 19.3. The summed E-state index contributed by atoms with van der Waals surface area (Å²) in [6.07, 6.45) is 10.7. The molecule has 0 atom stereocenters. The van der Waals surface area contributed by atoms with Crippen molar-refractivity contribution in [1.82, 2.24) is 14.9 Å². The molecule has 5 nitrogen and oxygen atoms in total. The Kier molecular flexibility index (Phi) is 6.35. The molecule has 1 aromatic carbocycles. The first-order valence-electron chi connectivity index (χ1n) is 10.6. The largest absolute Gasteiger partial charge is 0.355 e. The van der Waals surface area contributed by atoms with Gasteiger partial charge in [0.15, 0.2) is 5.16 Å². The number of carbonyl (C=O) groups excluding carboxylic acids is 1. The van der Waals surface area contributed by atoms with Crippen LogP contribution in [0.25, 0.3) is 10.9 Å². The van der Waals surface area contributed by atoms with Crippen LogP contribution in [0, 0.1) is 5.92 Å². The Hall–Kier alpha value is -1.82. The average molecular weight is 400 g/mol. The molecule has 6 heteroatoms. The number of aromatic nitrogens is 2. The van der Waals surface area contributed by atoms with E-state index in [9.17, 15) is 9.59 Å². The molecule has 0 radical (unpaired) electrons. The summed E-state index contributed by atoms with van der Waals surface area (Å²) < 4.78 is 1.86. The number of carbonyl (C=O) groups is 1. The van der Waals surface area contributed by atoms with Gasteiger partial charge in [-0.25, -0.2) is 4.98 Å². The molecule has 0 unspecified atom stereocenters. The van der Waals surface area contributed by atoms with E-state index in [4.69, 9.17) is 4.98 Å². The van der Waals surface area contributed by atoms with E-state index in [1.165, 1.54) is 43.9 Å². The summed E-state index contributed by atoms with van der Waals surface area (Å²) in [5, 5.41) is 4.44. The lowest BCUT2D eigenvalue weighted by Gasteiger charge is -2.22. The second kappa shape index (κ2) is 9.12. The average Bonchev–Trinajstić information content (AvgIpc) is 3.26. The fourth-order valence-electron chi connectivity index (χ4n) is 4.54. The molecule has 1 N–H and O–H groups in total. The highest BCUT2D eigenvalue weighted by atomic mass is 32.2. The van der Waals surface area contributed by atoms with Gasteiger partial charge in [-0.3, -0.25) is 14.2 Å². The molecular weight excluding hydrogens is 370 g/mol. The van der Waals surface area contributed by atoms with Crippen LogP contribution in [0.15, 0.2) is 34.2 Å². The molecule has 4 rings (SSSR count). The number of rotatable bonds is 6. The number of amides is 1. The summed E-state index contributed by atoms with van der Waals surface area (Å²) in [6.45, 7) is 0.778. The van der Waals surface area contributed by atoms with Gasteiger partial charge in [-0.1, -0.05) is 56.0 Å². The molecule has 0 spiro atoms. The highest BCUT2D eigenvalue weighted by Crippen LogP contribution is 2.32. The molecule has 0 saturated heterocycles. The molecule has 2 aliphatic carbocycles. The minimum absolute atomic E-state index is 0.0302. The van der Waals surface area contributed by atoms with Crippen molar-refractivity contribution in [2.24, 2.45) is 5.92 Å². The summed E-state index contributed by atoms with van der Waals surface area (Å²) in [7, 11) is 0. The number of hydrogen-bond acceptors (Lipinski definition) is 4. The van der Waals surface area contributed by atoms with Crippen molar-refractivity contribution in [3.63, 3.8) is 0 Å². The molecule has 2 fully saturated rings. The Morgan fingerprint density at radius 1 is 1.07 bits per heavy atom. The van der Waals surface area contributed by atoms with Crippen molar-refractivity contribution in [3.8, 4) is 0 Å². The number of thioether (sulfide) groups is 1. The Labute approximate surface area is 170 Å². The van der Waals surface area contributed by atoms with Crippen molar-refractivity contribution in [3.05, 3.63) is 34.6 Å². The van der Waals surface area contributed by atoms with Gasteiger partial charge in [-0.15, -0.1) is 0 Å². The maximum Gasteiger partial charge on any atom is 0.262 e. The smallest absolute Gasteiger partial charge is 0.262 e. The Bertz CT molecular complexity index is 883. The molecule has 2 aromatic rings.